The van der Waals surface area contributed by atoms with Crippen molar-refractivity contribution in [2.24, 2.45) is 0 Å². The van der Waals surface area contributed by atoms with Crippen LogP contribution in [0.25, 0.3) is 0 Å². The fourth-order valence-corrected chi connectivity index (χ4v) is 5.02. The van der Waals surface area contributed by atoms with Crippen molar-refractivity contribution in [3.8, 4) is 0 Å². The Morgan fingerprint density at radius 1 is 1.00 bits per heavy atom. The van der Waals surface area contributed by atoms with Gasteiger partial charge in [0.2, 0.25) is 5.91 Å². The summed E-state index contributed by atoms with van der Waals surface area (Å²) < 4.78 is 39.5. The Hall–Kier alpha value is -3.15. The summed E-state index contributed by atoms with van der Waals surface area (Å²) in [6, 6.07) is 13.3. The van der Waals surface area contributed by atoms with Gasteiger partial charge in [-0.3, -0.25) is 24.9 Å². The molecule has 8 nitrogen and oxygen atoms in total. The van der Waals surface area contributed by atoms with Gasteiger partial charge in [-0.05, 0) is 55.4 Å². The van der Waals surface area contributed by atoms with E-state index in [-0.39, 0.29) is 18.2 Å². The van der Waals surface area contributed by atoms with Crippen molar-refractivity contribution in [2.75, 3.05) is 24.9 Å². The number of rotatable bonds is 7. The number of nitrogens with one attached hydrogen (secondary N) is 2. The molecule has 0 bridgehead atoms. The number of hydrogen-bond acceptors (Lipinski definition) is 6. The third-order valence-corrected chi connectivity index (χ3v) is 6.95. The molecule has 1 saturated carbocycles. The van der Waals surface area contributed by atoms with Crippen molar-refractivity contribution >= 4 is 17.5 Å². The molecule has 0 unspecified atom stereocenters. The van der Waals surface area contributed by atoms with Gasteiger partial charge >= 0.3 is 6.18 Å². The van der Waals surface area contributed by atoms with Crippen molar-refractivity contribution in [1.82, 2.24) is 15.5 Å². The Bertz CT molecular complexity index is 1070. The van der Waals surface area contributed by atoms with Gasteiger partial charge in [0.1, 0.15) is 5.69 Å². The Balaban J connectivity index is 1.19. The summed E-state index contributed by atoms with van der Waals surface area (Å²) in [5.41, 5.74) is -1.28. The Morgan fingerprint density at radius 2 is 1.67 bits per heavy atom. The summed E-state index contributed by atoms with van der Waals surface area (Å²) in [6.45, 7) is 1.08. The molecule has 2 aromatic rings. The number of halogens is 3. The van der Waals surface area contributed by atoms with E-state index in [1.807, 2.05) is 6.07 Å². The third-order valence-electron chi connectivity index (χ3n) is 6.95. The number of likely N-dealkylation sites (tertiary alicyclic amines) is 1. The van der Waals surface area contributed by atoms with Crippen molar-refractivity contribution in [3.63, 3.8) is 0 Å². The number of hydrogen-bond donors (Lipinski definition) is 4. The zero-order chi connectivity index (χ0) is 25.9. The van der Waals surface area contributed by atoms with Crippen LogP contribution in [0.2, 0.25) is 0 Å². The molecule has 11 heteroatoms. The minimum absolute atomic E-state index is 0.0301. The summed E-state index contributed by atoms with van der Waals surface area (Å²) in [6.07, 6.45) is -0.415. The number of amides is 2. The molecule has 2 amide bonds. The van der Waals surface area contributed by atoms with Crippen LogP contribution in [0, 0.1) is 0 Å². The molecule has 0 radical (unpaired) electrons. The Kier molecular flexibility index (Phi) is 7.82. The third kappa shape index (κ3) is 6.15. The van der Waals surface area contributed by atoms with Gasteiger partial charge in [-0.15, -0.1) is 5.23 Å². The lowest BCUT2D eigenvalue weighted by Crippen LogP contribution is -2.63. The molecule has 4 rings (SSSR count). The lowest BCUT2D eigenvalue weighted by atomic mass is 9.80. The van der Waals surface area contributed by atoms with E-state index in [1.54, 1.807) is 0 Å². The molecule has 4 N–H and O–H groups in total. The van der Waals surface area contributed by atoms with Crippen molar-refractivity contribution in [3.05, 3.63) is 65.2 Å². The molecule has 0 spiro atoms. The van der Waals surface area contributed by atoms with Gasteiger partial charge in [0, 0.05) is 24.7 Å². The van der Waals surface area contributed by atoms with E-state index in [9.17, 15) is 22.8 Å². The first kappa shape index (κ1) is 25.9. The highest BCUT2D eigenvalue weighted by Crippen LogP contribution is 2.37. The average Bonchev–Trinajstić information content (AvgIpc) is 2.84. The molecule has 1 saturated heterocycles. The predicted molar refractivity (Wildman–Crippen MR) is 125 cm³/mol. The van der Waals surface area contributed by atoms with E-state index in [2.05, 4.69) is 39.8 Å². The highest BCUT2D eigenvalue weighted by molar-refractivity contribution is 5.97. The number of benzene rings is 2. The predicted octanol–water partition coefficient (Wildman–Crippen LogP) is 3.55. The second kappa shape index (κ2) is 10.9. The van der Waals surface area contributed by atoms with Gasteiger partial charge in [-0.2, -0.15) is 13.2 Å². The van der Waals surface area contributed by atoms with Crippen molar-refractivity contribution < 1.29 is 33.2 Å². The summed E-state index contributed by atoms with van der Waals surface area (Å²) in [4.78, 5) is 26.9. The molecule has 2 aliphatic rings. The molecule has 36 heavy (non-hydrogen) atoms. The minimum atomic E-state index is -4.91. The van der Waals surface area contributed by atoms with Crippen LogP contribution in [-0.4, -0.2) is 58.8 Å². The zero-order valence-electron chi connectivity index (χ0n) is 19.5. The number of nitrogens with zero attached hydrogens (tertiary/aromatic N) is 2. The lowest BCUT2D eigenvalue weighted by molar-refractivity contribution is -0.138. The Morgan fingerprint density at radius 3 is 2.28 bits per heavy atom. The normalized spacial score (nSPS) is 20.9. The van der Waals surface area contributed by atoms with Gasteiger partial charge in [0.15, 0.2) is 0 Å². The minimum Gasteiger partial charge on any atom is -0.349 e. The molecule has 1 aliphatic heterocycles. The van der Waals surface area contributed by atoms with Crippen LogP contribution >= 0.6 is 0 Å². The van der Waals surface area contributed by atoms with Gasteiger partial charge in [0.25, 0.3) is 5.91 Å². The van der Waals surface area contributed by atoms with E-state index in [1.165, 1.54) is 5.56 Å². The van der Waals surface area contributed by atoms with Crippen LogP contribution in [0.1, 0.15) is 53.1 Å². The smallest absolute Gasteiger partial charge is 0.349 e. The molecule has 0 atom stereocenters. The monoisotopic (exact) mass is 506 g/mol. The largest absolute Gasteiger partial charge is 0.418 e. The number of carbonyl (C=O) groups excluding carboxylic acids is 2. The van der Waals surface area contributed by atoms with Crippen LogP contribution in [-0.2, 0) is 11.0 Å². The SMILES string of the molecule is O=C(CNC(=O)c1ccc(N(O)O)c(C(F)(F)F)c1)NC1CN(C2CCC(c3ccccc3)CC2)C1. The summed E-state index contributed by atoms with van der Waals surface area (Å²) in [5, 5.41) is 22.4. The highest BCUT2D eigenvalue weighted by Gasteiger charge is 2.37. The number of carbonyl (C=O) groups is 2. The maximum absolute atomic E-state index is 13.2. The molecule has 194 valence electrons. The molecule has 1 heterocycles. The van der Waals surface area contributed by atoms with E-state index < -0.39 is 34.5 Å². The topological polar surface area (TPSA) is 105 Å². The molecule has 2 aromatic carbocycles. The fourth-order valence-electron chi connectivity index (χ4n) is 5.02. The number of alkyl halides is 3. The fraction of sp³-hybridized carbons (Fsp3) is 0.440. The first-order valence-corrected chi connectivity index (χ1v) is 11.9. The van der Waals surface area contributed by atoms with Crippen LogP contribution in [0.3, 0.4) is 0 Å². The molecular weight excluding hydrogens is 477 g/mol. The highest BCUT2D eigenvalue weighted by atomic mass is 19.4. The second-order valence-electron chi connectivity index (χ2n) is 9.34. The van der Waals surface area contributed by atoms with E-state index in [0.29, 0.717) is 18.0 Å². The zero-order valence-corrected chi connectivity index (χ0v) is 19.5. The van der Waals surface area contributed by atoms with E-state index in [0.717, 1.165) is 50.9 Å². The van der Waals surface area contributed by atoms with Crippen molar-refractivity contribution in [2.45, 2.75) is 49.9 Å². The molecule has 2 fully saturated rings. The van der Waals surface area contributed by atoms with Gasteiger partial charge in [-0.1, -0.05) is 30.3 Å². The Labute approximate surface area is 206 Å². The first-order chi connectivity index (χ1) is 17.1. The van der Waals surface area contributed by atoms with Crippen LogP contribution < -0.4 is 15.9 Å². The number of anilines is 1. The molecule has 0 aromatic heterocycles. The second-order valence-corrected chi connectivity index (χ2v) is 9.34. The average molecular weight is 507 g/mol. The molecule has 1 aliphatic carbocycles. The van der Waals surface area contributed by atoms with Gasteiger partial charge in [-0.25, -0.2) is 0 Å². The van der Waals surface area contributed by atoms with Gasteiger partial charge < -0.3 is 10.6 Å². The maximum Gasteiger partial charge on any atom is 0.418 e. The van der Waals surface area contributed by atoms with Crippen molar-refractivity contribution in [1.29, 1.82) is 0 Å². The summed E-state index contributed by atoms with van der Waals surface area (Å²) in [5.74, 6) is -0.710. The first-order valence-electron chi connectivity index (χ1n) is 11.9. The van der Waals surface area contributed by atoms with Crippen LogP contribution in [0.5, 0.6) is 0 Å². The standard InChI is InChI=1S/C25H29F3N4O4/c26-25(27,28)21-12-18(8-11-22(21)32(35)36)24(34)29-13-23(33)30-19-14-31(15-19)20-9-6-17(7-10-20)16-4-2-1-3-5-16/h1-5,8,11-12,17,19-20,35-36H,6-7,9-10,13-15H2,(H,29,34)(H,30,33). The quantitative estimate of drug-likeness (QED) is 0.428. The van der Waals surface area contributed by atoms with E-state index >= 15 is 0 Å². The lowest BCUT2D eigenvalue weighted by Gasteiger charge is -2.46. The molecular formula is C25H29F3N4O4. The summed E-state index contributed by atoms with van der Waals surface area (Å²) >= 11 is 0. The van der Waals surface area contributed by atoms with Crippen LogP contribution in [0.4, 0.5) is 18.9 Å². The van der Waals surface area contributed by atoms with E-state index in [4.69, 9.17) is 10.4 Å². The van der Waals surface area contributed by atoms with Gasteiger partial charge in [0.05, 0.1) is 18.2 Å². The van der Waals surface area contributed by atoms with Crippen LogP contribution in [0.15, 0.2) is 48.5 Å². The maximum atomic E-state index is 13.2. The summed E-state index contributed by atoms with van der Waals surface area (Å²) in [7, 11) is 0.